The molecule has 0 amide bonds. The number of alkyl halides is 1. The fourth-order valence-corrected chi connectivity index (χ4v) is 0.323. The Morgan fingerprint density at radius 1 is 1.17 bits per heavy atom. The molecule has 3 N–H and O–H groups in total. The number of hydrogen-bond donors (Lipinski definition) is 3. The van der Waals surface area contributed by atoms with Crippen LogP contribution in [0.3, 0.4) is 0 Å². The molecule has 0 unspecified atom stereocenters. The normalized spacial score (nSPS) is 14.5. The van der Waals surface area contributed by atoms with Gasteiger partial charge in [-0.25, -0.2) is 0 Å². The third kappa shape index (κ3) is 12.8. The number of aliphatic hydroxyl groups excluding tert-OH is 1. The van der Waals surface area contributed by atoms with Gasteiger partial charge in [-0.1, -0.05) is 0 Å². The van der Waals surface area contributed by atoms with Crippen LogP contribution in [-0.4, -0.2) is 43.8 Å². The maximum atomic E-state index is 8.27. The molecule has 0 bridgehead atoms. The highest BCUT2D eigenvalue weighted by Crippen LogP contribution is 1.80. The molecule has 76 valence electrons. The van der Waals surface area contributed by atoms with Crippen LogP contribution < -0.4 is 10.6 Å². The molecule has 0 aromatic rings. The Kier molecular flexibility index (Phi) is 13.7. The zero-order valence-corrected chi connectivity index (χ0v) is 9.15. The van der Waals surface area contributed by atoms with Crippen LogP contribution in [0, 0.1) is 0 Å². The number of hydrogen-bond acceptors (Lipinski definition) is 3. The second-order valence-electron chi connectivity index (χ2n) is 2.72. The van der Waals surface area contributed by atoms with Crippen molar-refractivity contribution in [1.29, 1.82) is 0 Å². The molecule has 0 aromatic carbocycles. The highest BCUT2D eigenvalue weighted by molar-refractivity contribution is 6.18. The number of aliphatic hydroxyl groups is 1. The summed E-state index contributed by atoms with van der Waals surface area (Å²) in [5, 5.41) is 14.1. The van der Waals surface area contributed by atoms with Gasteiger partial charge in [-0.3, -0.25) is 0 Å². The summed E-state index contributed by atoms with van der Waals surface area (Å²) in [6.07, 6.45) is 0. The number of rotatable bonds is 4. The summed E-state index contributed by atoms with van der Waals surface area (Å²) in [7, 11) is 3.72. The standard InChI is InChI=1S/C4H10ClN.C4H11NO/c1-4(3-5)6-2;1-4(3-6)5-2/h4,6H,3H2,1-2H3;4-6H,3H2,1-2H3/t2*4-/m11/s1. The van der Waals surface area contributed by atoms with Crippen molar-refractivity contribution in [3.05, 3.63) is 0 Å². The number of nitrogens with one attached hydrogen (secondary N) is 2. The first-order chi connectivity index (χ1) is 5.62. The SMILES string of the molecule is CN[C@H](C)CCl.CN[C@H](C)CO. The van der Waals surface area contributed by atoms with Crippen LogP contribution in [0.1, 0.15) is 13.8 Å². The lowest BCUT2D eigenvalue weighted by molar-refractivity contribution is 0.258. The molecule has 2 atom stereocenters. The topological polar surface area (TPSA) is 44.3 Å². The summed E-state index contributed by atoms with van der Waals surface area (Å²) in [5.41, 5.74) is 0. The average molecular weight is 197 g/mol. The Morgan fingerprint density at radius 3 is 1.58 bits per heavy atom. The number of likely N-dealkylation sites (N-methyl/N-ethyl adjacent to an activating group) is 1. The third-order valence-electron chi connectivity index (χ3n) is 1.49. The van der Waals surface area contributed by atoms with E-state index in [1.54, 1.807) is 0 Å². The fraction of sp³-hybridized carbons (Fsp3) is 1.00. The monoisotopic (exact) mass is 196 g/mol. The Morgan fingerprint density at radius 2 is 1.58 bits per heavy atom. The second kappa shape index (κ2) is 11.2. The minimum absolute atomic E-state index is 0.219. The molecule has 12 heavy (non-hydrogen) atoms. The van der Waals surface area contributed by atoms with E-state index >= 15 is 0 Å². The van der Waals surface area contributed by atoms with E-state index < -0.39 is 0 Å². The zero-order valence-electron chi connectivity index (χ0n) is 8.39. The van der Waals surface area contributed by atoms with E-state index in [4.69, 9.17) is 16.7 Å². The van der Waals surface area contributed by atoms with Gasteiger partial charge in [-0.15, -0.1) is 11.6 Å². The van der Waals surface area contributed by atoms with Gasteiger partial charge in [0.2, 0.25) is 0 Å². The molecule has 0 aliphatic rings. The summed E-state index contributed by atoms with van der Waals surface area (Å²) >= 11 is 5.39. The van der Waals surface area contributed by atoms with E-state index in [0.717, 1.165) is 0 Å². The predicted molar refractivity (Wildman–Crippen MR) is 54.8 cm³/mol. The van der Waals surface area contributed by atoms with Gasteiger partial charge in [0.05, 0.1) is 6.61 Å². The largest absolute Gasteiger partial charge is 0.395 e. The smallest absolute Gasteiger partial charge is 0.0581 e. The predicted octanol–water partition coefficient (Wildman–Crippen LogP) is 0.420. The molecule has 0 heterocycles. The van der Waals surface area contributed by atoms with Crippen LogP contribution in [0.25, 0.3) is 0 Å². The highest BCUT2D eigenvalue weighted by atomic mass is 35.5. The molecule has 0 aromatic heterocycles. The molecule has 0 radical (unpaired) electrons. The van der Waals surface area contributed by atoms with Crippen molar-refractivity contribution in [1.82, 2.24) is 10.6 Å². The minimum atomic E-state index is 0.219. The van der Waals surface area contributed by atoms with Gasteiger partial charge >= 0.3 is 0 Å². The molecule has 0 spiro atoms. The maximum absolute atomic E-state index is 8.27. The molecule has 3 nitrogen and oxygen atoms in total. The van der Waals surface area contributed by atoms with E-state index in [0.29, 0.717) is 11.9 Å². The van der Waals surface area contributed by atoms with Crippen LogP contribution in [0.5, 0.6) is 0 Å². The quantitative estimate of drug-likeness (QED) is 0.572. The van der Waals surface area contributed by atoms with Gasteiger partial charge in [0.1, 0.15) is 0 Å². The second-order valence-corrected chi connectivity index (χ2v) is 3.02. The van der Waals surface area contributed by atoms with Crippen LogP contribution in [0.15, 0.2) is 0 Å². The Hall–Kier alpha value is 0.170. The zero-order chi connectivity index (χ0) is 9.98. The fourth-order valence-electron chi connectivity index (χ4n) is 0.168. The van der Waals surface area contributed by atoms with Gasteiger partial charge < -0.3 is 15.7 Å². The van der Waals surface area contributed by atoms with Crippen LogP contribution in [-0.2, 0) is 0 Å². The Bertz CT molecular complexity index is 65.5. The van der Waals surface area contributed by atoms with E-state index in [2.05, 4.69) is 10.6 Å². The molecular formula is C8H21ClN2O. The van der Waals surface area contributed by atoms with Crippen molar-refractivity contribution in [3.8, 4) is 0 Å². The van der Waals surface area contributed by atoms with Gasteiger partial charge in [-0.2, -0.15) is 0 Å². The molecule has 4 heteroatoms. The molecule has 0 rings (SSSR count). The molecule has 0 fully saturated rings. The van der Waals surface area contributed by atoms with Crippen LogP contribution >= 0.6 is 11.6 Å². The maximum Gasteiger partial charge on any atom is 0.0581 e. The van der Waals surface area contributed by atoms with Crippen molar-refractivity contribution < 1.29 is 5.11 Å². The van der Waals surface area contributed by atoms with Crippen molar-refractivity contribution >= 4 is 11.6 Å². The highest BCUT2D eigenvalue weighted by Gasteiger charge is 1.89. The van der Waals surface area contributed by atoms with Gasteiger partial charge in [0.15, 0.2) is 0 Å². The summed E-state index contributed by atoms with van der Waals surface area (Å²) in [6, 6.07) is 0.691. The lowest BCUT2D eigenvalue weighted by Crippen LogP contribution is -2.24. The van der Waals surface area contributed by atoms with E-state index in [9.17, 15) is 0 Å². The van der Waals surface area contributed by atoms with Crippen LogP contribution in [0.4, 0.5) is 0 Å². The van der Waals surface area contributed by atoms with Crippen molar-refractivity contribution in [2.75, 3.05) is 26.6 Å². The number of halogens is 1. The first-order valence-electron chi connectivity index (χ1n) is 4.13. The molecule has 0 aliphatic heterocycles. The van der Waals surface area contributed by atoms with Crippen molar-refractivity contribution in [2.24, 2.45) is 0 Å². The van der Waals surface area contributed by atoms with Crippen LogP contribution in [0.2, 0.25) is 0 Å². The summed E-state index contributed by atoms with van der Waals surface area (Å²) in [5.74, 6) is 0.691. The minimum Gasteiger partial charge on any atom is -0.395 e. The summed E-state index contributed by atoms with van der Waals surface area (Å²) < 4.78 is 0. The molecule has 0 saturated heterocycles. The molecular weight excluding hydrogens is 176 g/mol. The van der Waals surface area contributed by atoms with Crippen molar-refractivity contribution in [2.45, 2.75) is 25.9 Å². The van der Waals surface area contributed by atoms with E-state index in [1.165, 1.54) is 0 Å². The lowest BCUT2D eigenvalue weighted by Gasteiger charge is -2.01. The summed E-state index contributed by atoms with van der Waals surface area (Å²) in [6.45, 7) is 4.17. The first-order valence-corrected chi connectivity index (χ1v) is 4.67. The van der Waals surface area contributed by atoms with Gasteiger partial charge in [-0.05, 0) is 27.9 Å². The Balaban J connectivity index is 0. The Labute approximate surface area is 80.5 Å². The molecule has 0 saturated carbocycles. The van der Waals surface area contributed by atoms with E-state index in [-0.39, 0.29) is 12.6 Å². The van der Waals surface area contributed by atoms with E-state index in [1.807, 2.05) is 27.9 Å². The molecule has 0 aliphatic carbocycles. The van der Waals surface area contributed by atoms with Crippen molar-refractivity contribution in [3.63, 3.8) is 0 Å². The van der Waals surface area contributed by atoms with Gasteiger partial charge in [0.25, 0.3) is 0 Å². The first kappa shape index (κ1) is 14.7. The average Bonchev–Trinajstić information content (AvgIpc) is 2.16. The lowest BCUT2D eigenvalue weighted by atomic mass is 10.4. The van der Waals surface area contributed by atoms with Gasteiger partial charge in [0, 0.05) is 18.0 Å². The summed E-state index contributed by atoms with van der Waals surface area (Å²) in [4.78, 5) is 0. The third-order valence-corrected chi connectivity index (χ3v) is 1.95.